The van der Waals surface area contributed by atoms with Gasteiger partial charge in [-0.2, -0.15) is 0 Å². The van der Waals surface area contributed by atoms with Gasteiger partial charge in [-0.05, 0) is 19.1 Å². The average molecular weight is 217 g/mol. The molecule has 0 fully saturated rings. The molecule has 2 aromatic rings. The number of benzene rings is 1. The summed E-state index contributed by atoms with van der Waals surface area (Å²) in [6.07, 6.45) is 1.57. The van der Waals surface area contributed by atoms with Gasteiger partial charge in [0.25, 0.3) is 0 Å². The second-order valence-corrected chi connectivity index (χ2v) is 3.52. The fourth-order valence-corrected chi connectivity index (χ4v) is 1.78. The fraction of sp³-hybridized carbons (Fsp3) is 0.333. The first-order valence-electron chi connectivity index (χ1n) is 5.42. The number of anilines is 1. The molecule has 16 heavy (non-hydrogen) atoms. The SMILES string of the molecule is CCN(CCO)c1ncnc2ccccc12. The lowest BCUT2D eigenvalue weighted by atomic mass is 10.2. The molecule has 1 aromatic carbocycles. The van der Waals surface area contributed by atoms with E-state index in [-0.39, 0.29) is 6.61 Å². The van der Waals surface area contributed by atoms with E-state index in [4.69, 9.17) is 5.11 Å². The number of rotatable bonds is 4. The molecule has 4 heteroatoms. The summed E-state index contributed by atoms with van der Waals surface area (Å²) in [5.74, 6) is 0.891. The third-order valence-corrected chi connectivity index (χ3v) is 2.57. The van der Waals surface area contributed by atoms with Crippen molar-refractivity contribution in [3.8, 4) is 0 Å². The van der Waals surface area contributed by atoms with Crippen LogP contribution < -0.4 is 4.90 Å². The monoisotopic (exact) mass is 217 g/mol. The van der Waals surface area contributed by atoms with E-state index in [0.29, 0.717) is 6.54 Å². The Hall–Kier alpha value is -1.68. The molecule has 0 atom stereocenters. The van der Waals surface area contributed by atoms with Gasteiger partial charge in [-0.15, -0.1) is 0 Å². The minimum Gasteiger partial charge on any atom is -0.395 e. The first-order valence-corrected chi connectivity index (χ1v) is 5.42. The Morgan fingerprint density at radius 1 is 1.25 bits per heavy atom. The van der Waals surface area contributed by atoms with Gasteiger partial charge >= 0.3 is 0 Å². The molecular weight excluding hydrogens is 202 g/mol. The molecular formula is C12H15N3O. The average Bonchev–Trinajstić information content (AvgIpc) is 2.35. The maximum absolute atomic E-state index is 9.02. The van der Waals surface area contributed by atoms with Crippen LogP contribution in [-0.4, -0.2) is 34.8 Å². The normalized spacial score (nSPS) is 10.6. The zero-order valence-electron chi connectivity index (χ0n) is 9.30. The number of aromatic nitrogens is 2. The third-order valence-electron chi connectivity index (χ3n) is 2.57. The third kappa shape index (κ3) is 1.97. The minimum absolute atomic E-state index is 0.131. The predicted molar refractivity (Wildman–Crippen MR) is 64.5 cm³/mol. The lowest BCUT2D eigenvalue weighted by Crippen LogP contribution is -2.27. The van der Waals surface area contributed by atoms with Crippen LogP contribution in [0.2, 0.25) is 0 Å². The topological polar surface area (TPSA) is 49.2 Å². The molecule has 0 radical (unpaired) electrons. The standard InChI is InChI=1S/C12H15N3O/c1-2-15(7-8-16)12-10-5-3-4-6-11(10)13-9-14-12/h3-6,9,16H,2,7-8H2,1H3. The Morgan fingerprint density at radius 3 is 2.81 bits per heavy atom. The zero-order chi connectivity index (χ0) is 11.4. The van der Waals surface area contributed by atoms with Crippen molar-refractivity contribution in [1.29, 1.82) is 0 Å². The largest absolute Gasteiger partial charge is 0.395 e. The van der Waals surface area contributed by atoms with Crippen LogP contribution in [0.3, 0.4) is 0 Å². The predicted octanol–water partition coefficient (Wildman–Crippen LogP) is 1.45. The van der Waals surface area contributed by atoms with Crippen molar-refractivity contribution in [3.05, 3.63) is 30.6 Å². The van der Waals surface area contributed by atoms with Gasteiger partial charge in [0, 0.05) is 18.5 Å². The molecule has 0 unspecified atom stereocenters. The molecule has 0 amide bonds. The van der Waals surface area contributed by atoms with E-state index in [1.54, 1.807) is 6.33 Å². The molecule has 4 nitrogen and oxygen atoms in total. The molecule has 84 valence electrons. The summed E-state index contributed by atoms with van der Waals surface area (Å²) in [7, 11) is 0. The summed E-state index contributed by atoms with van der Waals surface area (Å²) >= 11 is 0. The Labute approximate surface area is 94.6 Å². The summed E-state index contributed by atoms with van der Waals surface area (Å²) < 4.78 is 0. The fourth-order valence-electron chi connectivity index (χ4n) is 1.78. The number of hydrogen-bond acceptors (Lipinski definition) is 4. The van der Waals surface area contributed by atoms with E-state index in [0.717, 1.165) is 23.3 Å². The molecule has 0 bridgehead atoms. The van der Waals surface area contributed by atoms with Crippen LogP contribution in [0.5, 0.6) is 0 Å². The van der Waals surface area contributed by atoms with Gasteiger partial charge in [-0.3, -0.25) is 0 Å². The highest BCUT2D eigenvalue weighted by atomic mass is 16.3. The maximum atomic E-state index is 9.02. The molecule has 0 saturated heterocycles. The van der Waals surface area contributed by atoms with E-state index in [1.165, 1.54) is 0 Å². The van der Waals surface area contributed by atoms with E-state index < -0.39 is 0 Å². The van der Waals surface area contributed by atoms with E-state index >= 15 is 0 Å². The Kier molecular flexibility index (Phi) is 3.31. The van der Waals surface area contributed by atoms with Crippen molar-refractivity contribution in [1.82, 2.24) is 9.97 Å². The first-order chi connectivity index (χ1) is 7.86. The summed E-state index contributed by atoms with van der Waals surface area (Å²) in [4.78, 5) is 10.6. The summed E-state index contributed by atoms with van der Waals surface area (Å²) in [5.41, 5.74) is 0.934. The second-order valence-electron chi connectivity index (χ2n) is 3.52. The summed E-state index contributed by atoms with van der Waals surface area (Å²) in [6.45, 7) is 3.60. The van der Waals surface area contributed by atoms with Crippen LogP contribution >= 0.6 is 0 Å². The number of hydrogen-bond donors (Lipinski definition) is 1. The highest BCUT2D eigenvalue weighted by Crippen LogP contribution is 2.21. The smallest absolute Gasteiger partial charge is 0.139 e. The van der Waals surface area contributed by atoms with Crippen LogP contribution in [0.4, 0.5) is 5.82 Å². The van der Waals surface area contributed by atoms with Gasteiger partial charge in [-0.1, -0.05) is 12.1 Å². The quantitative estimate of drug-likeness (QED) is 0.842. The van der Waals surface area contributed by atoms with Crippen molar-refractivity contribution in [2.45, 2.75) is 6.92 Å². The minimum atomic E-state index is 0.131. The first kappa shape index (κ1) is 10.8. The van der Waals surface area contributed by atoms with Gasteiger partial charge < -0.3 is 10.0 Å². The van der Waals surface area contributed by atoms with Crippen LogP contribution in [0.1, 0.15) is 6.92 Å². The number of nitrogens with zero attached hydrogens (tertiary/aromatic N) is 3. The molecule has 0 aliphatic heterocycles. The van der Waals surface area contributed by atoms with Crippen LogP contribution in [0, 0.1) is 0 Å². The van der Waals surface area contributed by atoms with Crippen molar-refractivity contribution in [2.75, 3.05) is 24.6 Å². The lowest BCUT2D eigenvalue weighted by Gasteiger charge is -2.21. The van der Waals surface area contributed by atoms with Crippen molar-refractivity contribution in [3.63, 3.8) is 0 Å². The van der Waals surface area contributed by atoms with Crippen LogP contribution in [-0.2, 0) is 0 Å². The molecule has 2 rings (SSSR count). The second kappa shape index (κ2) is 4.90. The highest BCUT2D eigenvalue weighted by Gasteiger charge is 2.09. The highest BCUT2D eigenvalue weighted by molar-refractivity contribution is 5.89. The van der Waals surface area contributed by atoms with Crippen molar-refractivity contribution in [2.24, 2.45) is 0 Å². The van der Waals surface area contributed by atoms with E-state index in [2.05, 4.69) is 9.97 Å². The molecule has 0 aliphatic rings. The maximum Gasteiger partial charge on any atom is 0.139 e. The van der Waals surface area contributed by atoms with E-state index in [1.807, 2.05) is 36.1 Å². The van der Waals surface area contributed by atoms with Gasteiger partial charge in [0.1, 0.15) is 12.1 Å². The Bertz CT molecular complexity index is 467. The van der Waals surface area contributed by atoms with Crippen LogP contribution in [0.25, 0.3) is 10.9 Å². The lowest BCUT2D eigenvalue weighted by molar-refractivity contribution is 0.302. The Morgan fingerprint density at radius 2 is 2.06 bits per heavy atom. The number of para-hydroxylation sites is 1. The van der Waals surface area contributed by atoms with Crippen LogP contribution in [0.15, 0.2) is 30.6 Å². The molecule has 1 heterocycles. The molecule has 1 N–H and O–H groups in total. The summed E-state index contributed by atoms with van der Waals surface area (Å²) in [5, 5.41) is 10.0. The van der Waals surface area contributed by atoms with Gasteiger partial charge in [0.05, 0.1) is 12.1 Å². The molecule has 0 spiro atoms. The molecule has 1 aromatic heterocycles. The van der Waals surface area contributed by atoms with Gasteiger partial charge in [0.15, 0.2) is 0 Å². The number of likely N-dealkylation sites (N-methyl/N-ethyl adjacent to an activating group) is 1. The molecule has 0 aliphatic carbocycles. The number of aliphatic hydroxyl groups is 1. The van der Waals surface area contributed by atoms with Crippen molar-refractivity contribution >= 4 is 16.7 Å². The van der Waals surface area contributed by atoms with Crippen molar-refractivity contribution < 1.29 is 5.11 Å². The zero-order valence-corrected chi connectivity index (χ0v) is 9.30. The summed E-state index contributed by atoms with van der Waals surface area (Å²) in [6, 6.07) is 7.90. The van der Waals surface area contributed by atoms with Gasteiger partial charge in [0.2, 0.25) is 0 Å². The van der Waals surface area contributed by atoms with E-state index in [9.17, 15) is 0 Å². The number of aliphatic hydroxyl groups excluding tert-OH is 1. The molecule has 0 saturated carbocycles. The number of fused-ring (bicyclic) bond motifs is 1. The van der Waals surface area contributed by atoms with Gasteiger partial charge in [-0.25, -0.2) is 9.97 Å². The Balaban J connectivity index is 2.50.